The minimum absolute atomic E-state index is 0.00345. The lowest BCUT2D eigenvalue weighted by Gasteiger charge is -2.19. The maximum absolute atomic E-state index is 12.6. The molecule has 1 saturated carbocycles. The maximum Gasteiger partial charge on any atom is 0.235 e. The molecule has 0 unspecified atom stereocenters. The van der Waals surface area contributed by atoms with Crippen LogP contribution in [0.1, 0.15) is 17.5 Å². The molecule has 1 saturated heterocycles. The number of rotatable bonds is 3. The highest BCUT2D eigenvalue weighted by Gasteiger charge is 2.59. The van der Waals surface area contributed by atoms with E-state index in [9.17, 15) is 9.59 Å². The topological polar surface area (TPSA) is 49.4 Å². The molecule has 4 rings (SSSR count). The summed E-state index contributed by atoms with van der Waals surface area (Å²) in [5.74, 6) is 0.342. The van der Waals surface area contributed by atoms with Gasteiger partial charge in [0.05, 0.1) is 18.5 Å². The van der Waals surface area contributed by atoms with E-state index in [1.165, 1.54) is 16.0 Å². The van der Waals surface area contributed by atoms with Crippen LogP contribution in [0, 0.1) is 37.5 Å². The number of fused-ring (bicyclic) bond motifs is 5. The number of hydrogen-bond acceptors (Lipinski definition) is 3. The van der Waals surface area contributed by atoms with E-state index in [1.807, 2.05) is 26.0 Å². The number of allylic oxidation sites excluding steroid dienone is 2. The molecule has 2 amide bonds. The van der Waals surface area contributed by atoms with Gasteiger partial charge < -0.3 is 5.32 Å². The fraction of sp³-hybridized carbons (Fsp3) is 0.444. The molecule has 2 aliphatic carbocycles. The van der Waals surface area contributed by atoms with Gasteiger partial charge in [0.25, 0.3) is 0 Å². The fourth-order valence-electron chi connectivity index (χ4n) is 4.37. The highest BCUT2D eigenvalue weighted by molar-refractivity contribution is 6.06. The fourth-order valence-corrected chi connectivity index (χ4v) is 4.37. The van der Waals surface area contributed by atoms with Gasteiger partial charge >= 0.3 is 0 Å². The molecule has 1 aliphatic heterocycles. The Kier molecular flexibility index (Phi) is 2.90. The van der Waals surface area contributed by atoms with Crippen molar-refractivity contribution in [2.45, 2.75) is 20.3 Å². The van der Waals surface area contributed by atoms with Gasteiger partial charge in [0.2, 0.25) is 11.8 Å². The molecule has 0 radical (unpaired) electrons. The highest BCUT2D eigenvalue weighted by Crippen LogP contribution is 2.52. The molecular weight excluding hydrogens is 276 g/mol. The van der Waals surface area contributed by atoms with Gasteiger partial charge in [0, 0.05) is 5.69 Å². The standard InChI is InChI=1S/C18H20N2O2/c1-10-5-11(2)7-14(6-10)19-9-20-17(21)15-12-3-4-13(8-12)16(15)18(20)22/h3-7,12-13,15-16,19H,8-9H2,1-2H3/t12-,13-,15-,16+/m1/s1. The summed E-state index contributed by atoms with van der Waals surface area (Å²) in [6.45, 7) is 4.35. The second-order valence-electron chi connectivity index (χ2n) is 6.82. The monoisotopic (exact) mass is 296 g/mol. The number of anilines is 1. The molecule has 4 heteroatoms. The van der Waals surface area contributed by atoms with Crippen LogP contribution in [0.15, 0.2) is 30.4 Å². The molecule has 22 heavy (non-hydrogen) atoms. The molecule has 4 nitrogen and oxygen atoms in total. The third kappa shape index (κ3) is 1.90. The van der Waals surface area contributed by atoms with Crippen LogP contribution in [0.25, 0.3) is 0 Å². The number of amides is 2. The third-order valence-electron chi connectivity index (χ3n) is 5.22. The van der Waals surface area contributed by atoms with Crippen molar-refractivity contribution in [3.05, 3.63) is 41.5 Å². The van der Waals surface area contributed by atoms with Gasteiger partial charge in [-0.1, -0.05) is 18.2 Å². The number of imide groups is 1. The predicted molar refractivity (Wildman–Crippen MR) is 84.0 cm³/mol. The van der Waals surface area contributed by atoms with Crippen molar-refractivity contribution in [1.29, 1.82) is 0 Å². The summed E-state index contributed by atoms with van der Waals surface area (Å²) in [7, 11) is 0. The summed E-state index contributed by atoms with van der Waals surface area (Å²) in [4.78, 5) is 26.6. The van der Waals surface area contributed by atoms with Gasteiger partial charge in [-0.05, 0) is 55.4 Å². The average Bonchev–Trinajstić information content (AvgIpc) is 3.11. The molecular formula is C18H20N2O2. The van der Waals surface area contributed by atoms with Crippen molar-refractivity contribution >= 4 is 17.5 Å². The van der Waals surface area contributed by atoms with Crippen LogP contribution in [0.5, 0.6) is 0 Å². The van der Waals surface area contributed by atoms with Crippen molar-refractivity contribution in [2.75, 3.05) is 12.0 Å². The van der Waals surface area contributed by atoms with Crippen LogP contribution >= 0.6 is 0 Å². The van der Waals surface area contributed by atoms with Crippen LogP contribution in [0.4, 0.5) is 5.69 Å². The summed E-state index contributed by atoms with van der Waals surface area (Å²) in [6.07, 6.45) is 5.22. The van der Waals surface area contributed by atoms with E-state index in [0.29, 0.717) is 0 Å². The average molecular weight is 296 g/mol. The Labute approximate surface area is 130 Å². The minimum Gasteiger partial charge on any atom is -0.367 e. The van der Waals surface area contributed by atoms with Crippen LogP contribution in [-0.2, 0) is 9.59 Å². The molecule has 0 spiro atoms. The number of likely N-dealkylation sites (tertiary alicyclic amines) is 1. The Morgan fingerprint density at radius 3 is 2.09 bits per heavy atom. The first-order valence-electron chi connectivity index (χ1n) is 7.90. The first-order chi connectivity index (χ1) is 10.5. The Bertz CT molecular complexity index is 644. The summed E-state index contributed by atoms with van der Waals surface area (Å²) in [6, 6.07) is 6.17. The number of nitrogens with one attached hydrogen (secondary N) is 1. The SMILES string of the molecule is Cc1cc(C)cc(NCN2C(=O)[C@@H]3[C@H](C2=O)[C@@H]2C=C[C@@H]3C2)c1. The molecule has 4 atom stereocenters. The van der Waals surface area contributed by atoms with E-state index < -0.39 is 0 Å². The molecule has 3 aliphatic rings. The van der Waals surface area contributed by atoms with Crippen molar-refractivity contribution in [1.82, 2.24) is 4.90 Å². The van der Waals surface area contributed by atoms with Crippen molar-refractivity contribution in [2.24, 2.45) is 23.7 Å². The zero-order valence-corrected chi connectivity index (χ0v) is 12.9. The van der Waals surface area contributed by atoms with E-state index >= 15 is 0 Å². The molecule has 114 valence electrons. The van der Waals surface area contributed by atoms with Gasteiger partial charge in [-0.25, -0.2) is 0 Å². The number of nitrogens with zero attached hydrogens (tertiary/aromatic N) is 1. The van der Waals surface area contributed by atoms with Gasteiger partial charge in [-0.3, -0.25) is 14.5 Å². The van der Waals surface area contributed by atoms with Crippen LogP contribution in [-0.4, -0.2) is 23.4 Å². The second-order valence-corrected chi connectivity index (χ2v) is 6.82. The Morgan fingerprint density at radius 1 is 1.00 bits per heavy atom. The number of hydrogen-bond donors (Lipinski definition) is 1. The summed E-state index contributed by atoms with van der Waals surface area (Å²) in [5, 5.41) is 3.23. The summed E-state index contributed by atoms with van der Waals surface area (Å²) in [5.41, 5.74) is 3.29. The lowest BCUT2D eigenvalue weighted by atomic mass is 9.85. The molecule has 1 heterocycles. The quantitative estimate of drug-likeness (QED) is 0.688. The number of benzene rings is 1. The Balaban J connectivity index is 1.50. The highest BCUT2D eigenvalue weighted by atomic mass is 16.2. The van der Waals surface area contributed by atoms with Gasteiger partial charge in [-0.15, -0.1) is 0 Å². The van der Waals surface area contributed by atoms with Crippen molar-refractivity contribution in [3.8, 4) is 0 Å². The first-order valence-corrected chi connectivity index (χ1v) is 7.90. The zero-order valence-electron chi connectivity index (χ0n) is 12.9. The molecule has 2 fully saturated rings. The Hall–Kier alpha value is -2.10. The van der Waals surface area contributed by atoms with Gasteiger partial charge in [0.1, 0.15) is 0 Å². The number of carbonyl (C=O) groups excluding carboxylic acids is 2. The van der Waals surface area contributed by atoms with E-state index in [-0.39, 0.29) is 42.2 Å². The smallest absolute Gasteiger partial charge is 0.235 e. The third-order valence-corrected chi connectivity index (χ3v) is 5.22. The van der Waals surface area contributed by atoms with E-state index in [4.69, 9.17) is 0 Å². The molecule has 2 bridgehead atoms. The Morgan fingerprint density at radius 2 is 1.55 bits per heavy atom. The molecule has 0 aromatic heterocycles. The van der Waals surface area contributed by atoms with Crippen molar-refractivity contribution in [3.63, 3.8) is 0 Å². The largest absolute Gasteiger partial charge is 0.367 e. The van der Waals surface area contributed by atoms with Gasteiger partial charge in [-0.2, -0.15) is 0 Å². The maximum atomic E-state index is 12.6. The van der Waals surface area contributed by atoms with E-state index in [1.54, 1.807) is 0 Å². The van der Waals surface area contributed by atoms with Gasteiger partial charge in [0.15, 0.2) is 0 Å². The zero-order chi connectivity index (χ0) is 15.4. The normalized spacial score (nSPS) is 32.0. The van der Waals surface area contributed by atoms with E-state index in [2.05, 4.69) is 23.5 Å². The lowest BCUT2D eigenvalue weighted by Crippen LogP contribution is -2.37. The summed E-state index contributed by atoms with van der Waals surface area (Å²) >= 11 is 0. The second kappa shape index (κ2) is 4.70. The van der Waals surface area contributed by atoms with Crippen LogP contribution < -0.4 is 5.32 Å². The van der Waals surface area contributed by atoms with Crippen molar-refractivity contribution < 1.29 is 9.59 Å². The first kappa shape index (κ1) is 13.6. The minimum atomic E-state index is -0.108. The molecule has 1 aromatic carbocycles. The van der Waals surface area contributed by atoms with Crippen LogP contribution in [0.3, 0.4) is 0 Å². The van der Waals surface area contributed by atoms with E-state index in [0.717, 1.165) is 12.1 Å². The molecule has 1 N–H and O–H groups in total. The molecule has 1 aromatic rings. The number of aryl methyl sites for hydroxylation is 2. The predicted octanol–water partition coefficient (Wildman–Crippen LogP) is 2.48. The lowest BCUT2D eigenvalue weighted by molar-refractivity contribution is -0.140. The number of carbonyl (C=O) groups is 2. The summed E-state index contributed by atoms with van der Waals surface area (Å²) < 4.78 is 0. The van der Waals surface area contributed by atoms with Crippen LogP contribution in [0.2, 0.25) is 0 Å².